The SMILES string of the molecule is CCOC(=O)CN(CC(=O)OCC)c1ccccc1OCCOc1cc(F)ccc1N(CC(=O)OCC)CC(=O)OCC. The molecule has 0 amide bonds. The van der Waals surface area contributed by atoms with Gasteiger partial charge in [0.1, 0.15) is 56.7 Å². The summed E-state index contributed by atoms with van der Waals surface area (Å²) in [7, 11) is 0. The van der Waals surface area contributed by atoms with E-state index in [2.05, 4.69) is 0 Å². The topological polar surface area (TPSA) is 130 Å². The Kier molecular flexibility index (Phi) is 15.1. The molecule has 0 aliphatic carbocycles. The molecule has 2 aromatic rings. The summed E-state index contributed by atoms with van der Waals surface area (Å²) in [6.07, 6.45) is 0. The average Bonchev–Trinajstić information content (AvgIpc) is 2.95. The van der Waals surface area contributed by atoms with Crippen molar-refractivity contribution in [1.29, 1.82) is 0 Å². The second-order valence-corrected chi connectivity index (χ2v) is 8.71. The van der Waals surface area contributed by atoms with Crippen LogP contribution in [0.15, 0.2) is 42.5 Å². The number of halogens is 1. The van der Waals surface area contributed by atoms with Crippen LogP contribution in [0.1, 0.15) is 27.7 Å². The standard InChI is InChI=1S/C30H39FN2O10/c1-5-38-27(34)18-32(19-28(35)39-6-2)23-11-9-10-12-25(23)42-15-16-43-26-17-22(31)13-14-24(26)33(20-29(36)40-7-3)21-30(37)41-8-4/h9-14,17H,5-8,15-16,18-21H2,1-4H3. The van der Waals surface area contributed by atoms with Gasteiger partial charge in [0.05, 0.1) is 37.8 Å². The molecule has 0 aromatic heterocycles. The van der Waals surface area contributed by atoms with Crippen molar-refractivity contribution in [3.8, 4) is 11.5 Å². The second kappa shape index (κ2) is 18.8. The van der Waals surface area contributed by atoms with Crippen molar-refractivity contribution in [2.45, 2.75) is 27.7 Å². The van der Waals surface area contributed by atoms with Gasteiger partial charge in [-0.2, -0.15) is 0 Å². The van der Waals surface area contributed by atoms with Crippen LogP contribution < -0.4 is 19.3 Å². The quantitative estimate of drug-likeness (QED) is 0.132. The van der Waals surface area contributed by atoms with Crippen LogP contribution in [0.25, 0.3) is 0 Å². The minimum absolute atomic E-state index is 0.0185. The predicted octanol–water partition coefficient (Wildman–Crippen LogP) is 3.15. The molecule has 0 unspecified atom stereocenters. The average molecular weight is 607 g/mol. The zero-order chi connectivity index (χ0) is 31.6. The van der Waals surface area contributed by atoms with Gasteiger partial charge in [0.25, 0.3) is 0 Å². The number of hydrogen-bond acceptors (Lipinski definition) is 12. The molecule has 236 valence electrons. The molecule has 0 aliphatic rings. The summed E-state index contributed by atoms with van der Waals surface area (Å²) in [5, 5.41) is 0. The molecule has 0 atom stereocenters. The number of hydrogen-bond donors (Lipinski definition) is 0. The lowest BCUT2D eigenvalue weighted by Crippen LogP contribution is -2.36. The molecule has 0 bridgehead atoms. The lowest BCUT2D eigenvalue weighted by Gasteiger charge is -2.26. The lowest BCUT2D eigenvalue weighted by atomic mass is 10.2. The van der Waals surface area contributed by atoms with Gasteiger partial charge in [0, 0.05) is 6.07 Å². The molecule has 13 heteroatoms. The summed E-state index contributed by atoms with van der Waals surface area (Å²) in [4.78, 5) is 51.8. The maximum Gasteiger partial charge on any atom is 0.325 e. The fraction of sp³-hybridized carbons (Fsp3) is 0.467. The number of para-hydroxylation sites is 2. The fourth-order valence-electron chi connectivity index (χ4n) is 3.91. The molecule has 0 heterocycles. The predicted molar refractivity (Wildman–Crippen MR) is 155 cm³/mol. The van der Waals surface area contributed by atoms with E-state index >= 15 is 0 Å². The van der Waals surface area contributed by atoms with Crippen LogP contribution in [0.5, 0.6) is 11.5 Å². The molecular weight excluding hydrogens is 567 g/mol. The van der Waals surface area contributed by atoms with Gasteiger partial charge >= 0.3 is 23.9 Å². The van der Waals surface area contributed by atoms with E-state index in [4.69, 9.17) is 28.4 Å². The maximum absolute atomic E-state index is 14.2. The Bertz CT molecular complexity index is 1170. The van der Waals surface area contributed by atoms with E-state index < -0.39 is 29.7 Å². The van der Waals surface area contributed by atoms with E-state index in [1.807, 2.05) is 0 Å². The second-order valence-electron chi connectivity index (χ2n) is 8.71. The number of nitrogens with zero attached hydrogens (tertiary/aromatic N) is 2. The van der Waals surface area contributed by atoms with Gasteiger partial charge < -0.3 is 38.2 Å². The third kappa shape index (κ3) is 12.1. The van der Waals surface area contributed by atoms with Crippen LogP contribution in [-0.4, -0.2) is 89.7 Å². The van der Waals surface area contributed by atoms with E-state index in [-0.39, 0.29) is 77.3 Å². The van der Waals surface area contributed by atoms with Gasteiger partial charge in [-0.15, -0.1) is 0 Å². The molecule has 0 aliphatic heterocycles. The van der Waals surface area contributed by atoms with E-state index in [0.29, 0.717) is 11.4 Å². The normalized spacial score (nSPS) is 10.3. The highest BCUT2D eigenvalue weighted by molar-refractivity contribution is 5.83. The Morgan fingerprint density at radius 2 is 0.977 bits per heavy atom. The van der Waals surface area contributed by atoms with Crippen LogP contribution in [0.4, 0.5) is 15.8 Å². The van der Waals surface area contributed by atoms with Gasteiger partial charge in [-0.05, 0) is 52.0 Å². The van der Waals surface area contributed by atoms with Crippen molar-refractivity contribution in [2.75, 3.05) is 75.6 Å². The highest BCUT2D eigenvalue weighted by atomic mass is 19.1. The zero-order valence-corrected chi connectivity index (χ0v) is 25.0. The third-order valence-corrected chi connectivity index (χ3v) is 5.57. The number of rotatable bonds is 19. The van der Waals surface area contributed by atoms with Gasteiger partial charge in [0.2, 0.25) is 0 Å². The summed E-state index contributed by atoms with van der Waals surface area (Å²) in [5.41, 5.74) is 0.725. The van der Waals surface area contributed by atoms with Gasteiger partial charge in [-0.1, -0.05) is 12.1 Å². The molecule has 0 N–H and O–H groups in total. The van der Waals surface area contributed by atoms with Crippen LogP contribution >= 0.6 is 0 Å². The molecule has 12 nitrogen and oxygen atoms in total. The van der Waals surface area contributed by atoms with Crippen molar-refractivity contribution in [2.24, 2.45) is 0 Å². The number of benzene rings is 2. The van der Waals surface area contributed by atoms with Crippen molar-refractivity contribution in [3.63, 3.8) is 0 Å². The maximum atomic E-state index is 14.2. The molecule has 0 saturated carbocycles. The number of anilines is 2. The van der Waals surface area contributed by atoms with Crippen molar-refractivity contribution < 1.29 is 52.0 Å². The minimum Gasteiger partial charge on any atom is -0.488 e. The van der Waals surface area contributed by atoms with Crippen LogP contribution in [-0.2, 0) is 38.1 Å². The highest BCUT2D eigenvalue weighted by Gasteiger charge is 2.22. The van der Waals surface area contributed by atoms with E-state index in [1.54, 1.807) is 52.0 Å². The Labute approximate surface area is 250 Å². The minimum atomic E-state index is -0.592. The third-order valence-electron chi connectivity index (χ3n) is 5.57. The first-order chi connectivity index (χ1) is 20.7. The molecule has 0 saturated heterocycles. The van der Waals surface area contributed by atoms with E-state index in [9.17, 15) is 23.6 Å². The van der Waals surface area contributed by atoms with E-state index in [1.165, 1.54) is 21.9 Å². The van der Waals surface area contributed by atoms with Gasteiger partial charge in [0.15, 0.2) is 0 Å². The molecule has 2 rings (SSSR count). The Morgan fingerprint density at radius 1 is 0.581 bits per heavy atom. The molecule has 43 heavy (non-hydrogen) atoms. The number of esters is 4. The molecule has 0 fully saturated rings. The lowest BCUT2D eigenvalue weighted by molar-refractivity contribution is -0.144. The summed E-state index contributed by atoms with van der Waals surface area (Å²) < 4.78 is 46.1. The van der Waals surface area contributed by atoms with Crippen molar-refractivity contribution >= 4 is 35.3 Å². The Hall–Kier alpha value is -4.55. The van der Waals surface area contributed by atoms with Crippen molar-refractivity contribution in [1.82, 2.24) is 0 Å². The monoisotopic (exact) mass is 606 g/mol. The van der Waals surface area contributed by atoms with Crippen molar-refractivity contribution in [3.05, 3.63) is 48.3 Å². The largest absolute Gasteiger partial charge is 0.488 e. The summed E-state index contributed by atoms with van der Waals surface area (Å²) in [6.45, 7) is 6.23. The van der Waals surface area contributed by atoms with E-state index in [0.717, 1.165) is 6.07 Å². The number of carbonyl (C=O) groups is 4. The summed E-state index contributed by atoms with van der Waals surface area (Å²) in [6, 6.07) is 10.5. The highest BCUT2D eigenvalue weighted by Crippen LogP contribution is 2.31. The smallest absolute Gasteiger partial charge is 0.325 e. The molecule has 2 aromatic carbocycles. The Morgan fingerprint density at radius 3 is 1.42 bits per heavy atom. The van der Waals surface area contributed by atoms with Crippen LogP contribution in [0, 0.1) is 5.82 Å². The van der Waals surface area contributed by atoms with Crippen LogP contribution in [0.3, 0.4) is 0 Å². The first kappa shape index (κ1) is 34.7. The first-order valence-electron chi connectivity index (χ1n) is 14.0. The first-order valence-corrected chi connectivity index (χ1v) is 14.0. The fourth-order valence-corrected chi connectivity index (χ4v) is 3.91. The number of ether oxygens (including phenoxy) is 6. The van der Waals surface area contributed by atoms with Gasteiger partial charge in [-0.25, -0.2) is 4.39 Å². The van der Waals surface area contributed by atoms with Gasteiger partial charge in [-0.3, -0.25) is 19.2 Å². The molecule has 0 radical (unpaired) electrons. The number of carbonyl (C=O) groups excluding carboxylic acids is 4. The van der Waals surface area contributed by atoms with Crippen LogP contribution in [0.2, 0.25) is 0 Å². The summed E-state index contributed by atoms with van der Waals surface area (Å²) in [5.74, 6) is -2.40. The summed E-state index contributed by atoms with van der Waals surface area (Å²) >= 11 is 0. The molecular formula is C30H39FN2O10. The Balaban J connectivity index is 2.20. The molecule has 0 spiro atoms. The zero-order valence-electron chi connectivity index (χ0n) is 25.0.